The fourth-order valence-corrected chi connectivity index (χ4v) is 0.808. The lowest BCUT2D eigenvalue weighted by Gasteiger charge is -2.02. The van der Waals surface area contributed by atoms with Gasteiger partial charge < -0.3 is 5.73 Å². The van der Waals surface area contributed by atoms with Crippen LogP contribution in [0.5, 0.6) is 0 Å². The first kappa shape index (κ1) is 10.2. The summed E-state index contributed by atoms with van der Waals surface area (Å²) >= 11 is 0. The largest absolute Gasteiger partial charge is 0.378 e. The quantitative estimate of drug-likeness (QED) is 0.454. The summed E-state index contributed by atoms with van der Waals surface area (Å²) in [5.41, 5.74) is 2.99. The molecule has 14 heavy (non-hydrogen) atoms. The highest BCUT2D eigenvalue weighted by molar-refractivity contribution is 5.53. The molecule has 0 aliphatic rings. The van der Waals surface area contributed by atoms with Gasteiger partial charge in [-0.2, -0.15) is 9.37 Å². The second-order valence-corrected chi connectivity index (χ2v) is 2.33. The zero-order chi connectivity index (χ0) is 10.9. The van der Waals surface area contributed by atoms with Gasteiger partial charge in [0.05, 0.1) is 10.5 Å². The maximum absolute atomic E-state index is 12.7. The average Bonchev–Trinajstić information content (AvgIpc) is 2.02. The number of nitrogens with zero attached hydrogens (tertiary/aromatic N) is 2. The Morgan fingerprint density at radius 2 is 2.14 bits per heavy atom. The fourth-order valence-electron chi connectivity index (χ4n) is 0.808. The van der Waals surface area contributed by atoms with Crippen molar-refractivity contribution in [2.24, 2.45) is 0 Å². The van der Waals surface area contributed by atoms with E-state index in [0.717, 1.165) is 0 Å². The molecule has 0 saturated heterocycles. The molecule has 0 amide bonds. The van der Waals surface area contributed by atoms with Crippen molar-refractivity contribution in [3.05, 3.63) is 27.7 Å². The number of nitro groups is 1. The van der Waals surface area contributed by atoms with E-state index in [1.165, 1.54) is 0 Å². The summed E-state index contributed by atoms with van der Waals surface area (Å²) in [6.45, 7) is 0. The topological polar surface area (TPSA) is 82.0 Å². The van der Waals surface area contributed by atoms with E-state index in [1.807, 2.05) is 0 Å². The van der Waals surface area contributed by atoms with Crippen molar-refractivity contribution in [2.45, 2.75) is 6.43 Å². The van der Waals surface area contributed by atoms with Gasteiger partial charge in [0, 0.05) is 6.07 Å². The summed E-state index contributed by atoms with van der Waals surface area (Å²) in [4.78, 5) is 12.0. The summed E-state index contributed by atoms with van der Waals surface area (Å²) in [5.74, 6) is -2.22. The van der Waals surface area contributed by atoms with Gasteiger partial charge in [0.25, 0.3) is 6.43 Å². The summed E-state index contributed by atoms with van der Waals surface area (Å²) in [6, 6.07) is 0.377. The molecular formula is C6H4F3N3O2. The number of hydrogen-bond acceptors (Lipinski definition) is 4. The van der Waals surface area contributed by atoms with Crippen LogP contribution in [0.25, 0.3) is 0 Å². The first-order valence-corrected chi connectivity index (χ1v) is 3.32. The van der Waals surface area contributed by atoms with E-state index in [4.69, 9.17) is 5.73 Å². The Bertz CT molecular complexity index is 383. The molecule has 5 nitrogen and oxygen atoms in total. The number of halogens is 3. The summed E-state index contributed by atoms with van der Waals surface area (Å²) in [5, 5.41) is 10.2. The van der Waals surface area contributed by atoms with Crippen LogP contribution < -0.4 is 5.73 Å². The van der Waals surface area contributed by atoms with Gasteiger partial charge in [-0.15, -0.1) is 0 Å². The Hall–Kier alpha value is -1.86. The highest BCUT2D eigenvalue weighted by Crippen LogP contribution is 2.28. The van der Waals surface area contributed by atoms with Crippen LogP contribution in [-0.4, -0.2) is 9.91 Å². The normalized spacial score (nSPS) is 10.6. The number of hydrogen-bond donors (Lipinski definition) is 1. The van der Waals surface area contributed by atoms with E-state index in [2.05, 4.69) is 4.98 Å². The molecule has 0 aromatic carbocycles. The molecule has 1 aromatic rings. The molecule has 0 spiro atoms. The molecule has 0 saturated carbocycles. The molecule has 1 aromatic heterocycles. The molecule has 2 N–H and O–H groups in total. The third-order valence-electron chi connectivity index (χ3n) is 1.44. The third-order valence-corrected chi connectivity index (χ3v) is 1.44. The van der Waals surface area contributed by atoms with Crippen molar-refractivity contribution >= 4 is 11.5 Å². The first-order chi connectivity index (χ1) is 6.43. The zero-order valence-electron chi connectivity index (χ0n) is 6.58. The number of nitrogens with two attached hydrogens (primary N) is 1. The van der Waals surface area contributed by atoms with Crippen LogP contribution in [0.15, 0.2) is 6.07 Å². The molecule has 1 heterocycles. The van der Waals surface area contributed by atoms with Gasteiger partial charge in [-0.1, -0.05) is 0 Å². The van der Waals surface area contributed by atoms with Crippen LogP contribution in [0.3, 0.4) is 0 Å². The molecule has 0 fully saturated rings. The molecular weight excluding hydrogens is 203 g/mol. The van der Waals surface area contributed by atoms with E-state index in [-0.39, 0.29) is 0 Å². The van der Waals surface area contributed by atoms with Crippen LogP contribution in [0, 0.1) is 16.1 Å². The molecule has 0 atom stereocenters. The third kappa shape index (κ3) is 1.73. The Balaban J connectivity index is 3.34. The summed E-state index contributed by atoms with van der Waals surface area (Å²) in [6.07, 6.45) is -3.16. The van der Waals surface area contributed by atoms with Crippen molar-refractivity contribution in [3.63, 3.8) is 0 Å². The van der Waals surface area contributed by atoms with Crippen molar-refractivity contribution in [1.29, 1.82) is 0 Å². The van der Waals surface area contributed by atoms with Crippen LogP contribution in [0.4, 0.5) is 24.7 Å². The molecule has 1 rings (SSSR count). The number of anilines is 1. The van der Waals surface area contributed by atoms with E-state index in [0.29, 0.717) is 6.07 Å². The summed E-state index contributed by atoms with van der Waals surface area (Å²) < 4.78 is 36.8. The van der Waals surface area contributed by atoms with Gasteiger partial charge in [0.15, 0.2) is 0 Å². The number of pyridine rings is 1. The predicted octanol–water partition coefficient (Wildman–Crippen LogP) is 1.65. The maximum Gasteiger partial charge on any atom is 0.311 e. The van der Waals surface area contributed by atoms with Crippen LogP contribution in [0.1, 0.15) is 12.0 Å². The SMILES string of the molecule is Nc1nc(F)c(C(F)F)cc1[N+](=O)[O-]. The van der Waals surface area contributed by atoms with Gasteiger partial charge in [-0.3, -0.25) is 10.1 Å². The minimum atomic E-state index is -3.16. The van der Waals surface area contributed by atoms with Crippen molar-refractivity contribution in [2.75, 3.05) is 5.73 Å². The lowest BCUT2D eigenvalue weighted by Crippen LogP contribution is -2.04. The lowest BCUT2D eigenvalue weighted by molar-refractivity contribution is -0.384. The minimum absolute atomic E-state index is 0.377. The van der Waals surface area contributed by atoms with Crippen molar-refractivity contribution in [3.8, 4) is 0 Å². The van der Waals surface area contributed by atoms with Crippen LogP contribution in [-0.2, 0) is 0 Å². The van der Waals surface area contributed by atoms with Crippen LogP contribution >= 0.6 is 0 Å². The molecule has 0 bridgehead atoms. The standard InChI is InChI=1S/C6H4F3N3O2/c7-4(8)2-1-3(12(13)14)6(10)11-5(2)9/h1,4H,(H2,10,11). The average molecular weight is 207 g/mol. The van der Waals surface area contributed by atoms with E-state index >= 15 is 0 Å². The van der Waals surface area contributed by atoms with E-state index in [9.17, 15) is 23.3 Å². The fraction of sp³-hybridized carbons (Fsp3) is 0.167. The van der Waals surface area contributed by atoms with Gasteiger partial charge in [0.2, 0.25) is 11.8 Å². The summed E-state index contributed by atoms with van der Waals surface area (Å²) in [7, 11) is 0. The van der Waals surface area contributed by atoms with Gasteiger partial charge in [-0.25, -0.2) is 8.78 Å². The smallest absolute Gasteiger partial charge is 0.311 e. The Morgan fingerprint density at radius 3 is 2.57 bits per heavy atom. The number of rotatable bonds is 2. The van der Waals surface area contributed by atoms with E-state index in [1.54, 1.807) is 0 Å². The second kappa shape index (κ2) is 3.48. The monoisotopic (exact) mass is 207 g/mol. The Morgan fingerprint density at radius 1 is 1.57 bits per heavy atom. The van der Waals surface area contributed by atoms with Gasteiger partial charge in [-0.05, 0) is 0 Å². The molecule has 0 unspecified atom stereocenters. The number of nitrogen functional groups attached to an aromatic ring is 1. The highest BCUT2D eigenvalue weighted by Gasteiger charge is 2.22. The van der Waals surface area contributed by atoms with Crippen LogP contribution in [0.2, 0.25) is 0 Å². The highest BCUT2D eigenvalue weighted by atomic mass is 19.3. The lowest BCUT2D eigenvalue weighted by atomic mass is 10.2. The Kier molecular flexibility index (Phi) is 2.54. The van der Waals surface area contributed by atoms with Crippen molar-refractivity contribution < 1.29 is 18.1 Å². The second-order valence-electron chi connectivity index (χ2n) is 2.33. The van der Waals surface area contributed by atoms with Crippen molar-refractivity contribution in [1.82, 2.24) is 4.98 Å². The minimum Gasteiger partial charge on any atom is -0.378 e. The molecule has 0 aliphatic carbocycles. The first-order valence-electron chi connectivity index (χ1n) is 3.32. The number of aromatic nitrogens is 1. The van der Waals surface area contributed by atoms with E-state index < -0.39 is 34.4 Å². The maximum atomic E-state index is 12.7. The molecule has 8 heteroatoms. The van der Waals surface area contributed by atoms with Gasteiger partial charge >= 0.3 is 5.69 Å². The van der Waals surface area contributed by atoms with Gasteiger partial charge in [0.1, 0.15) is 0 Å². The Labute approximate surface area is 75.5 Å². The predicted molar refractivity (Wildman–Crippen MR) is 40.2 cm³/mol. The molecule has 0 radical (unpaired) electrons. The molecule has 0 aliphatic heterocycles. The molecule has 76 valence electrons. The number of alkyl halides is 2. The zero-order valence-corrected chi connectivity index (χ0v) is 6.58.